The molecule has 1 N–H and O–H groups in total. The lowest BCUT2D eigenvalue weighted by Gasteiger charge is -2.35. The van der Waals surface area contributed by atoms with Gasteiger partial charge in [-0.25, -0.2) is 0 Å². The van der Waals surface area contributed by atoms with Gasteiger partial charge in [0.05, 0.1) is 26.9 Å². The standard InChI is InChI=1S/C18H28N2O3/c1-13-7-17(21-2)18(22-3)8-14(13)9-19-10-16-11-20-6-4-5-15(20)12-23-16/h7-8,15-16,19H,4-6,9-12H2,1-3H3/t15-,16-/m1/s1. The van der Waals surface area contributed by atoms with Gasteiger partial charge in [0.25, 0.3) is 0 Å². The summed E-state index contributed by atoms with van der Waals surface area (Å²) in [5.74, 6) is 1.56. The van der Waals surface area contributed by atoms with Crippen LogP contribution in [0.5, 0.6) is 11.5 Å². The van der Waals surface area contributed by atoms with Crippen LogP contribution in [0, 0.1) is 6.92 Å². The number of hydrogen-bond donors (Lipinski definition) is 1. The summed E-state index contributed by atoms with van der Waals surface area (Å²) in [6, 6.07) is 4.75. The molecule has 128 valence electrons. The van der Waals surface area contributed by atoms with Gasteiger partial charge in [-0.1, -0.05) is 0 Å². The summed E-state index contributed by atoms with van der Waals surface area (Å²) in [5, 5.41) is 3.53. The van der Waals surface area contributed by atoms with E-state index < -0.39 is 0 Å². The number of methoxy groups -OCH3 is 2. The summed E-state index contributed by atoms with van der Waals surface area (Å²) in [7, 11) is 3.34. The molecule has 0 aromatic heterocycles. The van der Waals surface area contributed by atoms with E-state index in [9.17, 15) is 0 Å². The molecule has 0 radical (unpaired) electrons. The van der Waals surface area contributed by atoms with Crippen molar-refractivity contribution in [3.63, 3.8) is 0 Å². The van der Waals surface area contributed by atoms with E-state index in [0.29, 0.717) is 12.1 Å². The highest BCUT2D eigenvalue weighted by Crippen LogP contribution is 2.30. The van der Waals surface area contributed by atoms with Crippen molar-refractivity contribution in [2.75, 3.05) is 40.5 Å². The second kappa shape index (κ2) is 7.51. The maximum absolute atomic E-state index is 5.99. The summed E-state index contributed by atoms with van der Waals surface area (Å²) >= 11 is 0. The van der Waals surface area contributed by atoms with Crippen molar-refractivity contribution in [2.45, 2.75) is 38.5 Å². The molecule has 0 amide bonds. The lowest BCUT2D eigenvalue weighted by atomic mass is 10.1. The van der Waals surface area contributed by atoms with Crippen LogP contribution >= 0.6 is 0 Å². The number of aryl methyl sites for hydroxylation is 1. The number of morpholine rings is 1. The van der Waals surface area contributed by atoms with Crippen LogP contribution in [0.3, 0.4) is 0 Å². The highest BCUT2D eigenvalue weighted by atomic mass is 16.5. The zero-order chi connectivity index (χ0) is 16.2. The number of ether oxygens (including phenoxy) is 3. The van der Waals surface area contributed by atoms with Crippen LogP contribution in [-0.4, -0.2) is 57.5 Å². The molecule has 0 saturated carbocycles. The summed E-state index contributed by atoms with van der Waals surface area (Å²) in [6.45, 7) is 6.99. The largest absolute Gasteiger partial charge is 0.493 e. The van der Waals surface area contributed by atoms with Gasteiger partial charge in [-0.2, -0.15) is 0 Å². The summed E-state index contributed by atoms with van der Waals surface area (Å²) < 4.78 is 16.7. The zero-order valence-corrected chi connectivity index (χ0v) is 14.4. The normalized spacial score (nSPS) is 24.5. The molecule has 2 saturated heterocycles. The molecule has 2 aliphatic heterocycles. The first-order valence-corrected chi connectivity index (χ1v) is 8.49. The molecular formula is C18H28N2O3. The SMILES string of the molecule is COc1cc(C)c(CNC[C@@H]2CN3CCC[C@@H]3CO2)cc1OC. The van der Waals surface area contributed by atoms with Crippen molar-refractivity contribution >= 4 is 0 Å². The smallest absolute Gasteiger partial charge is 0.161 e. The van der Waals surface area contributed by atoms with Crippen molar-refractivity contribution in [2.24, 2.45) is 0 Å². The van der Waals surface area contributed by atoms with Crippen LogP contribution < -0.4 is 14.8 Å². The Morgan fingerprint density at radius 1 is 1.26 bits per heavy atom. The quantitative estimate of drug-likeness (QED) is 0.868. The van der Waals surface area contributed by atoms with Crippen LogP contribution in [0.25, 0.3) is 0 Å². The second-order valence-electron chi connectivity index (χ2n) is 6.51. The molecule has 2 aliphatic rings. The number of nitrogens with zero attached hydrogens (tertiary/aromatic N) is 1. The van der Waals surface area contributed by atoms with Gasteiger partial charge >= 0.3 is 0 Å². The number of hydrogen-bond acceptors (Lipinski definition) is 5. The number of benzene rings is 1. The second-order valence-corrected chi connectivity index (χ2v) is 6.51. The highest BCUT2D eigenvalue weighted by molar-refractivity contribution is 5.46. The monoisotopic (exact) mass is 320 g/mol. The molecule has 5 nitrogen and oxygen atoms in total. The van der Waals surface area contributed by atoms with Gasteiger partial charge in [-0.05, 0) is 49.6 Å². The topological polar surface area (TPSA) is 43.0 Å². The number of nitrogens with one attached hydrogen (secondary N) is 1. The molecule has 5 heteroatoms. The maximum atomic E-state index is 5.99. The van der Waals surface area contributed by atoms with E-state index in [1.165, 1.54) is 30.5 Å². The van der Waals surface area contributed by atoms with Crippen molar-refractivity contribution in [1.82, 2.24) is 10.2 Å². The fourth-order valence-electron chi connectivity index (χ4n) is 3.59. The molecule has 0 spiro atoms. The lowest BCUT2D eigenvalue weighted by molar-refractivity contribution is -0.0470. The Labute approximate surface area is 138 Å². The van der Waals surface area contributed by atoms with Gasteiger partial charge in [0.1, 0.15) is 0 Å². The maximum Gasteiger partial charge on any atom is 0.161 e. The third kappa shape index (κ3) is 3.79. The molecule has 2 heterocycles. The predicted octanol–water partition coefficient (Wildman–Crippen LogP) is 1.97. The van der Waals surface area contributed by atoms with Crippen molar-refractivity contribution < 1.29 is 14.2 Å². The van der Waals surface area contributed by atoms with Crippen molar-refractivity contribution in [3.05, 3.63) is 23.3 Å². The Kier molecular flexibility index (Phi) is 5.41. The van der Waals surface area contributed by atoms with Crippen LogP contribution in [-0.2, 0) is 11.3 Å². The summed E-state index contributed by atoms with van der Waals surface area (Å²) in [4.78, 5) is 2.58. The fourth-order valence-corrected chi connectivity index (χ4v) is 3.59. The molecule has 2 atom stereocenters. The minimum atomic E-state index is 0.296. The number of fused-ring (bicyclic) bond motifs is 1. The van der Waals surface area contributed by atoms with E-state index in [1.807, 2.05) is 6.07 Å². The number of rotatable bonds is 6. The van der Waals surface area contributed by atoms with Gasteiger partial charge < -0.3 is 19.5 Å². The molecule has 1 aromatic rings. The van der Waals surface area contributed by atoms with Gasteiger partial charge in [0.2, 0.25) is 0 Å². The van der Waals surface area contributed by atoms with Crippen LogP contribution in [0.1, 0.15) is 24.0 Å². The van der Waals surface area contributed by atoms with E-state index >= 15 is 0 Å². The molecule has 0 aliphatic carbocycles. The fraction of sp³-hybridized carbons (Fsp3) is 0.667. The lowest BCUT2D eigenvalue weighted by Crippen LogP contribution is -2.49. The Hall–Kier alpha value is -1.30. The average Bonchev–Trinajstić information content (AvgIpc) is 3.03. The van der Waals surface area contributed by atoms with Gasteiger partial charge in [-0.3, -0.25) is 4.90 Å². The van der Waals surface area contributed by atoms with E-state index in [1.54, 1.807) is 14.2 Å². The van der Waals surface area contributed by atoms with Gasteiger partial charge in [0.15, 0.2) is 11.5 Å². The van der Waals surface area contributed by atoms with Crippen molar-refractivity contribution in [3.8, 4) is 11.5 Å². The summed E-state index contributed by atoms with van der Waals surface area (Å²) in [6.07, 6.45) is 2.91. The van der Waals surface area contributed by atoms with Crippen LogP contribution in [0.2, 0.25) is 0 Å². The molecular weight excluding hydrogens is 292 g/mol. The van der Waals surface area contributed by atoms with Crippen LogP contribution in [0.15, 0.2) is 12.1 Å². The zero-order valence-electron chi connectivity index (χ0n) is 14.4. The molecule has 2 fully saturated rings. The third-order valence-corrected chi connectivity index (χ3v) is 4.99. The first-order valence-electron chi connectivity index (χ1n) is 8.49. The highest BCUT2D eigenvalue weighted by Gasteiger charge is 2.31. The molecule has 0 unspecified atom stereocenters. The Morgan fingerprint density at radius 3 is 2.83 bits per heavy atom. The Bertz CT molecular complexity index is 535. The molecule has 0 bridgehead atoms. The van der Waals surface area contributed by atoms with Gasteiger partial charge in [-0.15, -0.1) is 0 Å². The minimum Gasteiger partial charge on any atom is -0.493 e. The van der Waals surface area contributed by atoms with E-state index in [-0.39, 0.29) is 0 Å². The van der Waals surface area contributed by atoms with Crippen LogP contribution in [0.4, 0.5) is 0 Å². The minimum absolute atomic E-state index is 0.296. The Morgan fingerprint density at radius 2 is 2.04 bits per heavy atom. The van der Waals surface area contributed by atoms with Gasteiger partial charge in [0, 0.05) is 25.7 Å². The van der Waals surface area contributed by atoms with E-state index in [4.69, 9.17) is 14.2 Å². The first-order chi connectivity index (χ1) is 11.2. The third-order valence-electron chi connectivity index (χ3n) is 4.99. The molecule has 3 rings (SSSR count). The Balaban J connectivity index is 1.52. The van der Waals surface area contributed by atoms with E-state index in [0.717, 1.165) is 37.7 Å². The van der Waals surface area contributed by atoms with Crippen molar-refractivity contribution in [1.29, 1.82) is 0 Å². The predicted molar refractivity (Wildman–Crippen MR) is 90.3 cm³/mol. The molecule has 1 aromatic carbocycles. The average molecular weight is 320 g/mol. The first kappa shape index (κ1) is 16.6. The van der Waals surface area contributed by atoms with E-state index in [2.05, 4.69) is 23.2 Å². The summed E-state index contributed by atoms with van der Waals surface area (Å²) in [5.41, 5.74) is 2.44. The molecule has 23 heavy (non-hydrogen) atoms.